The van der Waals surface area contributed by atoms with Gasteiger partial charge in [0.2, 0.25) is 0 Å². The summed E-state index contributed by atoms with van der Waals surface area (Å²) in [7, 11) is -0.310. The molecule has 47 heavy (non-hydrogen) atoms. The van der Waals surface area contributed by atoms with Crippen molar-refractivity contribution in [3.8, 4) is 22.8 Å². The summed E-state index contributed by atoms with van der Waals surface area (Å²) in [5.74, 6) is 1.34. The Bertz CT molecular complexity index is 1620. The van der Waals surface area contributed by atoms with Crippen LogP contribution in [0, 0.1) is 0 Å². The second kappa shape index (κ2) is 15.6. The lowest BCUT2D eigenvalue weighted by Gasteiger charge is -2.36. The van der Waals surface area contributed by atoms with E-state index >= 15 is 0 Å². The minimum Gasteiger partial charge on any atom is -0.598 e. The van der Waals surface area contributed by atoms with Gasteiger partial charge < -0.3 is 23.6 Å². The molecule has 0 fully saturated rings. The number of aromatic nitrogens is 4. The van der Waals surface area contributed by atoms with Crippen molar-refractivity contribution in [2.45, 2.75) is 89.9 Å². The Hall–Kier alpha value is -2.84. The zero-order chi connectivity index (χ0) is 34.4. The number of ether oxygens (including phenoxy) is 2. The third kappa shape index (κ3) is 9.41. The van der Waals surface area contributed by atoms with Gasteiger partial charge in [-0.1, -0.05) is 32.9 Å². The van der Waals surface area contributed by atoms with E-state index in [1.165, 1.54) is 0 Å². The number of fused-ring (bicyclic) bond motifs is 1. The maximum Gasteiger partial charge on any atom is 0.192 e. The normalized spacial score (nSPS) is 14.0. The second-order valence-corrected chi connectivity index (χ2v) is 21.0. The van der Waals surface area contributed by atoms with Gasteiger partial charge in [-0.05, 0) is 88.1 Å². The fourth-order valence-corrected chi connectivity index (χ4v) is 6.38. The van der Waals surface area contributed by atoms with E-state index in [4.69, 9.17) is 29.0 Å². The van der Waals surface area contributed by atoms with E-state index in [1.807, 2.05) is 74.0 Å². The van der Waals surface area contributed by atoms with Crippen molar-refractivity contribution in [1.29, 1.82) is 0 Å². The molecule has 0 aliphatic heterocycles. The standard InChI is InChI=1S/C35H51N5O5SSi/c1-34(2,3)46(42)39-30(16-12-18-41)29-15-11-14-28(38-29)25-21-31-27(32(22-25)44-20-19-43-7)23-36-40(31)33-17-10-13-26(37-33)24-45-47(8,9)35(4,5)6/h10-11,13-15,17,21-23,30,39,41H,12,16,18-20,24H2,1-9H3/t30-,46?/m0/s1. The molecule has 0 bridgehead atoms. The van der Waals surface area contributed by atoms with E-state index in [1.54, 1.807) is 13.3 Å². The molecule has 0 radical (unpaired) electrons. The lowest BCUT2D eigenvalue weighted by Crippen LogP contribution is -2.41. The lowest BCUT2D eigenvalue weighted by molar-refractivity contribution is 0.147. The Balaban J connectivity index is 1.75. The maximum absolute atomic E-state index is 13.0. The molecule has 4 aromatic rings. The Morgan fingerprint density at radius 3 is 2.45 bits per heavy atom. The Labute approximate surface area is 283 Å². The first-order valence-corrected chi connectivity index (χ1v) is 20.2. The number of hydrogen-bond donors (Lipinski definition) is 2. The van der Waals surface area contributed by atoms with Crippen molar-refractivity contribution in [3.05, 3.63) is 66.1 Å². The number of aliphatic hydroxyl groups excluding tert-OH is 1. The summed E-state index contributed by atoms with van der Waals surface area (Å²) in [5.41, 5.74) is 3.98. The van der Waals surface area contributed by atoms with Crippen molar-refractivity contribution < 1.29 is 23.6 Å². The zero-order valence-corrected chi connectivity index (χ0v) is 31.1. The van der Waals surface area contributed by atoms with Crippen LogP contribution in [-0.4, -0.2) is 69.4 Å². The molecule has 1 aromatic carbocycles. The SMILES string of the molecule is COCCOc1cc(-c2cccc([C@H](CCCO)N[S+]([O-])C(C)(C)C)n2)cc2c1cnn2-c1cccc(CO[Si](C)(C)C(C)(C)C)n1. The third-order valence-electron chi connectivity index (χ3n) is 8.47. The number of nitrogens with one attached hydrogen (secondary N) is 1. The van der Waals surface area contributed by atoms with Crippen LogP contribution >= 0.6 is 0 Å². The van der Waals surface area contributed by atoms with Crippen molar-refractivity contribution >= 4 is 30.6 Å². The van der Waals surface area contributed by atoms with Gasteiger partial charge in [-0.25, -0.2) is 9.67 Å². The number of nitrogens with zero attached hydrogens (tertiary/aromatic N) is 4. The molecule has 0 aliphatic rings. The third-order valence-corrected chi connectivity index (χ3v) is 14.6. The molecule has 1 unspecified atom stereocenters. The topological polar surface area (TPSA) is 127 Å². The Morgan fingerprint density at radius 2 is 1.77 bits per heavy atom. The van der Waals surface area contributed by atoms with Crippen molar-refractivity contribution in [2.75, 3.05) is 26.9 Å². The van der Waals surface area contributed by atoms with E-state index in [-0.39, 0.29) is 17.7 Å². The molecule has 0 saturated heterocycles. The fourth-order valence-electron chi connectivity index (χ4n) is 4.59. The first-order chi connectivity index (χ1) is 22.1. The van der Waals surface area contributed by atoms with Crippen LogP contribution < -0.4 is 9.46 Å². The predicted octanol–water partition coefficient (Wildman–Crippen LogP) is 6.89. The summed E-state index contributed by atoms with van der Waals surface area (Å²) in [6.45, 7) is 18.2. The molecule has 0 aliphatic carbocycles. The number of rotatable bonds is 15. The molecule has 0 saturated carbocycles. The molecule has 4 rings (SSSR count). The van der Waals surface area contributed by atoms with Crippen LogP contribution in [0.5, 0.6) is 5.75 Å². The van der Waals surface area contributed by atoms with Crippen LogP contribution in [-0.2, 0) is 27.1 Å². The van der Waals surface area contributed by atoms with Gasteiger partial charge in [0.25, 0.3) is 0 Å². The van der Waals surface area contributed by atoms with Crippen LogP contribution in [0.25, 0.3) is 28.0 Å². The summed E-state index contributed by atoms with van der Waals surface area (Å²) in [5, 5.41) is 15.2. The van der Waals surface area contributed by atoms with Gasteiger partial charge in [-0.3, -0.25) is 4.98 Å². The molecular formula is C35H51N5O5SSi. The summed E-state index contributed by atoms with van der Waals surface area (Å²) in [4.78, 5) is 9.96. The number of methoxy groups -OCH3 is 1. The predicted molar refractivity (Wildman–Crippen MR) is 192 cm³/mol. The zero-order valence-electron chi connectivity index (χ0n) is 29.3. The number of benzene rings is 1. The lowest BCUT2D eigenvalue weighted by atomic mass is 10.0. The molecule has 2 atom stereocenters. The van der Waals surface area contributed by atoms with Crippen LogP contribution in [0.4, 0.5) is 0 Å². The molecule has 3 aromatic heterocycles. The average Bonchev–Trinajstić information content (AvgIpc) is 3.45. The summed E-state index contributed by atoms with van der Waals surface area (Å²) >= 11 is -1.31. The highest BCUT2D eigenvalue weighted by atomic mass is 32.2. The first kappa shape index (κ1) is 37.0. The van der Waals surface area contributed by atoms with Crippen molar-refractivity contribution in [2.24, 2.45) is 0 Å². The molecule has 2 N–H and O–H groups in total. The highest BCUT2D eigenvalue weighted by Gasteiger charge is 2.37. The van der Waals surface area contributed by atoms with Gasteiger partial charge in [0.15, 0.2) is 14.1 Å². The van der Waals surface area contributed by atoms with Gasteiger partial charge in [-0.2, -0.15) is 5.10 Å². The number of aliphatic hydroxyl groups is 1. The molecule has 0 spiro atoms. The number of pyridine rings is 2. The minimum atomic E-state index is -1.95. The van der Waals surface area contributed by atoms with Gasteiger partial charge in [-0.15, -0.1) is 4.72 Å². The van der Waals surface area contributed by atoms with E-state index in [0.717, 1.165) is 33.5 Å². The molecule has 0 amide bonds. The minimum absolute atomic E-state index is 0.0422. The van der Waals surface area contributed by atoms with E-state index in [2.05, 4.69) is 38.6 Å². The molecule has 256 valence electrons. The van der Waals surface area contributed by atoms with Crippen LogP contribution in [0.15, 0.2) is 54.7 Å². The number of hydrogen-bond acceptors (Lipinski definition) is 9. The van der Waals surface area contributed by atoms with E-state index in [0.29, 0.717) is 44.2 Å². The van der Waals surface area contributed by atoms with Crippen LogP contribution in [0.1, 0.15) is 71.8 Å². The summed E-state index contributed by atoms with van der Waals surface area (Å²) in [6, 6.07) is 15.4. The van der Waals surface area contributed by atoms with E-state index in [9.17, 15) is 9.66 Å². The fraction of sp³-hybridized carbons (Fsp3) is 0.514. The smallest absolute Gasteiger partial charge is 0.192 e. The van der Waals surface area contributed by atoms with Gasteiger partial charge in [0.05, 0.1) is 53.4 Å². The quantitative estimate of drug-likeness (QED) is 0.0783. The first-order valence-electron chi connectivity index (χ1n) is 16.1. The maximum atomic E-state index is 13.0. The summed E-state index contributed by atoms with van der Waals surface area (Å²) < 4.78 is 35.6. The largest absolute Gasteiger partial charge is 0.598 e. The van der Waals surface area contributed by atoms with Crippen LogP contribution in [0.3, 0.4) is 0 Å². The Morgan fingerprint density at radius 1 is 1.02 bits per heavy atom. The van der Waals surface area contributed by atoms with Gasteiger partial charge in [0.1, 0.15) is 17.1 Å². The average molecular weight is 682 g/mol. The highest BCUT2D eigenvalue weighted by molar-refractivity contribution is 7.90. The second-order valence-electron chi connectivity index (χ2n) is 14.2. The van der Waals surface area contributed by atoms with Gasteiger partial charge in [0, 0.05) is 30.6 Å². The summed E-state index contributed by atoms with van der Waals surface area (Å²) in [6.07, 6.45) is 2.94. The van der Waals surface area contributed by atoms with Gasteiger partial charge >= 0.3 is 0 Å². The van der Waals surface area contributed by atoms with Crippen molar-refractivity contribution in [1.82, 2.24) is 24.5 Å². The molecule has 10 nitrogen and oxygen atoms in total. The molecule has 3 heterocycles. The molecule has 12 heteroatoms. The van der Waals surface area contributed by atoms with Crippen molar-refractivity contribution in [3.63, 3.8) is 0 Å². The molecular weight excluding hydrogens is 631 g/mol. The van der Waals surface area contributed by atoms with E-state index < -0.39 is 24.4 Å². The van der Waals surface area contributed by atoms with Crippen LogP contribution in [0.2, 0.25) is 18.1 Å². The highest BCUT2D eigenvalue weighted by Crippen LogP contribution is 2.37. The Kier molecular flexibility index (Phi) is 12.3. The monoisotopic (exact) mass is 681 g/mol.